The molecule has 1 aromatic carbocycles. The van der Waals surface area contributed by atoms with Gasteiger partial charge in [-0.25, -0.2) is 14.2 Å². The molecule has 1 aliphatic carbocycles. The number of hydrogen-bond acceptors (Lipinski definition) is 4. The van der Waals surface area contributed by atoms with Crippen LogP contribution in [0.3, 0.4) is 0 Å². The summed E-state index contributed by atoms with van der Waals surface area (Å²) >= 11 is 1.05. The Morgan fingerprint density at radius 3 is 2.58 bits per heavy atom. The molecule has 0 radical (unpaired) electrons. The van der Waals surface area contributed by atoms with Gasteiger partial charge in [-0.3, -0.25) is 4.79 Å². The quantitative estimate of drug-likeness (QED) is 0.870. The number of aromatic carboxylic acids is 1. The van der Waals surface area contributed by atoms with Gasteiger partial charge in [0.05, 0.1) is 17.2 Å². The molecule has 7 heteroatoms. The van der Waals surface area contributed by atoms with Crippen LogP contribution in [0.1, 0.15) is 51.7 Å². The number of hydrogen-bond donors (Lipinski definition) is 2. The van der Waals surface area contributed by atoms with Crippen LogP contribution < -0.4 is 5.32 Å². The summed E-state index contributed by atoms with van der Waals surface area (Å²) in [6.07, 6.45) is 1.20. The number of carbonyl (C=O) groups is 2. The first kappa shape index (κ1) is 16.6. The predicted molar refractivity (Wildman–Crippen MR) is 87.7 cm³/mol. The minimum absolute atomic E-state index is 0.168. The zero-order chi connectivity index (χ0) is 17.5. The first-order valence-corrected chi connectivity index (χ1v) is 8.43. The Morgan fingerprint density at radius 1 is 1.38 bits per heavy atom. The zero-order valence-corrected chi connectivity index (χ0v) is 14.1. The lowest BCUT2D eigenvalue weighted by molar-refractivity contribution is -0.124. The maximum absolute atomic E-state index is 14.0. The van der Waals surface area contributed by atoms with E-state index in [1.165, 1.54) is 6.07 Å². The van der Waals surface area contributed by atoms with Crippen molar-refractivity contribution in [2.75, 3.05) is 0 Å². The molecule has 1 atom stereocenters. The Balaban J connectivity index is 1.79. The van der Waals surface area contributed by atoms with E-state index in [1.807, 2.05) is 0 Å². The number of carbonyl (C=O) groups excluding carboxylic acids is 1. The molecule has 24 heavy (non-hydrogen) atoms. The van der Waals surface area contributed by atoms with E-state index >= 15 is 0 Å². The lowest BCUT2D eigenvalue weighted by Crippen LogP contribution is -2.36. The highest BCUT2D eigenvalue weighted by atomic mass is 32.1. The lowest BCUT2D eigenvalue weighted by Gasteiger charge is -2.19. The van der Waals surface area contributed by atoms with Crippen LogP contribution in [-0.4, -0.2) is 22.0 Å². The number of carboxylic acids is 1. The van der Waals surface area contributed by atoms with Gasteiger partial charge in [0.2, 0.25) is 5.91 Å². The van der Waals surface area contributed by atoms with E-state index in [9.17, 15) is 14.0 Å². The van der Waals surface area contributed by atoms with Crippen molar-refractivity contribution >= 4 is 23.2 Å². The van der Waals surface area contributed by atoms with E-state index in [1.54, 1.807) is 32.0 Å². The molecule has 1 heterocycles. The van der Waals surface area contributed by atoms with Gasteiger partial charge in [-0.15, -0.1) is 11.3 Å². The van der Waals surface area contributed by atoms with E-state index in [0.29, 0.717) is 29.1 Å². The first-order valence-electron chi connectivity index (χ1n) is 7.62. The van der Waals surface area contributed by atoms with Gasteiger partial charge in [0.25, 0.3) is 0 Å². The number of aromatic nitrogens is 1. The molecular weight excluding hydrogens is 331 g/mol. The van der Waals surface area contributed by atoms with Crippen molar-refractivity contribution in [2.45, 2.75) is 38.1 Å². The normalized spacial score (nSPS) is 16.5. The largest absolute Gasteiger partial charge is 0.477 e. The average molecular weight is 348 g/mol. The molecule has 1 saturated carbocycles. The molecular formula is C17H17FN2O3S. The summed E-state index contributed by atoms with van der Waals surface area (Å²) in [4.78, 5) is 28.2. The van der Waals surface area contributed by atoms with Crippen molar-refractivity contribution in [3.63, 3.8) is 0 Å². The molecule has 1 aromatic heterocycles. The van der Waals surface area contributed by atoms with E-state index in [0.717, 1.165) is 11.3 Å². The molecule has 1 amide bonds. The van der Waals surface area contributed by atoms with Crippen LogP contribution >= 0.6 is 11.3 Å². The number of rotatable bonds is 5. The molecule has 0 bridgehead atoms. The Kier molecular flexibility index (Phi) is 4.13. The lowest BCUT2D eigenvalue weighted by atomic mass is 9.94. The van der Waals surface area contributed by atoms with Crippen molar-refractivity contribution in [3.05, 3.63) is 51.2 Å². The van der Waals surface area contributed by atoms with Crippen molar-refractivity contribution in [2.24, 2.45) is 0 Å². The number of nitrogens with one attached hydrogen (secondary N) is 1. The third-order valence-electron chi connectivity index (χ3n) is 4.30. The Hall–Kier alpha value is -2.28. The van der Waals surface area contributed by atoms with E-state index in [-0.39, 0.29) is 16.6 Å². The molecule has 0 aliphatic heterocycles. The fourth-order valence-corrected chi connectivity index (χ4v) is 3.70. The third kappa shape index (κ3) is 2.80. The number of halogens is 1. The Labute approximate surface area is 142 Å². The molecule has 1 unspecified atom stereocenters. The van der Waals surface area contributed by atoms with Crippen LogP contribution in [0.4, 0.5) is 4.39 Å². The van der Waals surface area contributed by atoms with Gasteiger partial charge >= 0.3 is 5.97 Å². The number of aryl methyl sites for hydroxylation is 1. The molecule has 2 aromatic rings. The van der Waals surface area contributed by atoms with Crippen LogP contribution in [0.25, 0.3) is 0 Å². The van der Waals surface area contributed by atoms with E-state index in [4.69, 9.17) is 5.11 Å². The molecule has 1 fully saturated rings. The number of nitrogens with zero attached hydrogens (tertiary/aromatic N) is 1. The highest BCUT2D eigenvalue weighted by Crippen LogP contribution is 2.49. The summed E-state index contributed by atoms with van der Waals surface area (Å²) in [5.74, 6) is -1.65. The third-order valence-corrected chi connectivity index (χ3v) is 5.63. The van der Waals surface area contributed by atoms with E-state index < -0.39 is 17.4 Å². The molecule has 0 saturated heterocycles. The van der Waals surface area contributed by atoms with Crippen molar-refractivity contribution in [3.8, 4) is 0 Å². The van der Waals surface area contributed by atoms with Crippen LogP contribution in [0.5, 0.6) is 0 Å². The molecule has 126 valence electrons. The highest BCUT2D eigenvalue weighted by molar-refractivity contribution is 7.13. The topological polar surface area (TPSA) is 79.3 Å². The second-order valence-electron chi connectivity index (χ2n) is 6.03. The summed E-state index contributed by atoms with van der Waals surface area (Å²) in [6, 6.07) is 5.89. The smallest absolute Gasteiger partial charge is 0.347 e. The van der Waals surface area contributed by atoms with Gasteiger partial charge in [-0.2, -0.15) is 0 Å². The SMILES string of the molecule is Cc1nc(C(C)NC(=O)C2(c3ccccc3F)CC2)sc1C(=O)O. The predicted octanol–water partition coefficient (Wildman–Crippen LogP) is 3.20. The second kappa shape index (κ2) is 5.98. The first-order chi connectivity index (χ1) is 11.3. The zero-order valence-electron chi connectivity index (χ0n) is 13.3. The molecule has 1 aliphatic rings. The number of amides is 1. The number of thiazole rings is 1. The summed E-state index contributed by atoms with van der Waals surface area (Å²) in [5, 5.41) is 12.5. The highest BCUT2D eigenvalue weighted by Gasteiger charge is 2.53. The number of carboxylic acid groups (broad SMARTS) is 1. The molecule has 0 spiro atoms. The summed E-state index contributed by atoms with van der Waals surface area (Å²) in [5.41, 5.74) is 0.0247. The Morgan fingerprint density at radius 2 is 2.04 bits per heavy atom. The number of benzene rings is 1. The minimum atomic E-state index is -1.03. The molecule has 2 N–H and O–H groups in total. The van der Waals surface area contributed by atoms with Gasteiger partial charge in [-0.1, -0.05) is 18.2 Å². The Bertz CT molecular complexity index is 814. The average Bonchev–Trinajstić information content (AvgIpc) is 3.24. The summed E-state index contributed by atoms with van der Waals surface area (Å²) < 4.78 is 14.0. The van der Waals surface area contributed by atoms with Gasteiger partial charge in [0, 0.05) is 5.56 Å². The minimum Gasteiger partial charge on any atom is -0.477 e. The van der Waals surface area contributed by atoms with Gasteiger partial charge in [0.15, 0.2) is 0 Å². The fraction of sp³-hybridized carbons (Fsp3) is 0.353. The van der Waals surface area contributed by atoms with Crippen molar-refractivity contribution < 1.29 is 19.1 Å². The van der Waals surface area contributed by atoms with Crippen molar-refractivity contribution in [1.29, 1.82) is 0 Å². The molecule has 3 rings (SSSR count). The van der Waals surface area contributed by atoms with Gasteiger partial charge in [-0.05, 0) is 32.8 Å². The summed E-state index contributed by atoms with van der Waals surface area (Å²) in [6.45, 7) is 3.37. The monoisotopic (exact) mass is 348 g/mol. The van der Waals surface area contributed by atoms with Gasteiger partial charge < -0.3 is 10.4 Å². The van der Waals surface area contributed by atoms with Crippen LogP contribution in [0.2, 0.25) is 0 Å². The van der Waals surface area contributed by atoms with Crippen LogP contribution in [-0.2, 0) is 10.2 Å². The van der Waals surface area contributed by atoms with E-state index in [2.05, 4.69) is 10.3 Å². The molecule has 5 nitrogen and oxygen atoms in total. The fourth-order valence-electron chi connectivity index (χ4n) is 2.79. The maximum atomic E-state index is 14.0. The maximum Gasteiger partial charge on any atom is 0.347 e. The van der Waals surface area contributed by atoms with Gasteiger partial charge in [0.1, 0.15) is 15.7 Å². The standard InChI is InChI=1S/C17H17FN2O3S/c1-9-13(15(21)22)24-14(19-9)10(2)20-16(23)17(7-8-17)11-5-3-4-6-12(11)18/h3-6,10H,7-8H2,1-2H3,(H,20,23)(H,21,22). The van der Waals surface area contributed by atoms with Crippen LogP contribution in [0, 0.1) is 12.7 Å². The second-order valence-corrected chi connectivity index (χ2v) is 7.06. The summed E-state index contributed by atoms with van der Waals surface area (Å²) in [7, 11) is 0. The van der Waals surface area contributed by atoms with Crippen molar-refractivity contribution in [1.82, 2.24) is 10.3 Å². The van der Waals surface area contributed by atoms with Crippen LogP contribution in [0.15, 0.2) is 24.3 Å².